The maximum Gasteiger partial charge on any atom is 0.233 e. The molecule has 1 rings (SSSR count). The summed E-state index contributed by atoms with van der Waals surface area (Å²) >= 11 is 0. The normalized spacial score (nSPS) is 18.4. The summed E-state index contributed by atoms with van der Waals surface area (Å²) in [6.07, 6.45) is 2.21. The molecule has 0 unspecified atom stereocenters. The standard InChI is InChI=1S/C12H24N2O2/c1-12(2,9-14-11(15)8-13-3)10-4-6-16-7-5-10/h10,13H,4-9H2,1-3H3,(H,14,15). The van der Waals surface area contributed by atoms with Gasteiger partial charge in [0.25, 0.3) is 0 Å². The summed E-state index contributed by atoms with van der Waals surface area (Å²) in [5.41, 5.74) is 0.160. The van der Waals surface area contributed by atoms with Gasteiger partial charge in [-0.1, -0.05) is 13.8 Å². The fourth-order valence-electron chi connectivity index (χ4n) is 2.17. The Labute approximate surface area is 98.1 Å². The molecule has 2 N–H and O–H groups in total. The first-order valence-corrected chi connectivity index (χ1v) is 6.05. The highest BCUT2D eigenvalue weighted by Gasteiger charge is 2.31. The van der Waals surface area contributed by atoms with E-state index in [1.807, 2.05) is 0 Å². The fraction of sp³-hybridized carbons (Fsp3) is 0.917. The Hall–Kier alpha value is -0.610. The Balaban J connectivity index is 2.34. The van der Waals surface area contributed by atoms with Crippen molar-refractivity contribution >= 4 is 5.91 Å². The van der Waals surface area contributed by atoms with Gasteiger partial charge in [-0.05, 0) is 31.2 Å². The fourth-order valence-corrected chi connectivity index (χ4v) is 2.17. The van der Waals surface area contributed by atoms with Gasteiger partial charge < -0.3 is 15.4 Å². The molecule has 1 aliphatic heterocycles. The monoisotopic (exact) mass is 228 g/mol. The lowest BCUT2D eigenvalue weighted by molar-refractivity contribution is -0.120. The van der Waals surface area contributed by atoms with E-state index in [0.29, 0.717) is 12.5 Å². The molecule has 1 saturated heterocycles. The maximum absolute atomic E-state index is 11.4. The second-order valence-corrected chi connectivity index (χ2v) is 5.18. The van der Waals surface area contributed by atoms with Crippen molar-refractivity contribution in [2.24, 2.45) is 11.3 Å². The molecule has 0 bridgehead atoms. The molecule has 16 heavy (non-hydrogen) atoms. The lowest BCUT2D eigenvalue weighted by Gasteiger charge is -2.37. The number of ether oxygens (including phenoxy) is 1. The Morgan fingerprint density at radius 3 is 2.56 bits per heavy atom. The Morgan fingerprint density at radius 1 is 1.38 bits per heavy atom. The lowest BCUT2D eigenvalue weighted by Crippen LogP contribution is -2.42. The van der Waals surface area contributed by atoms with Gasteiger partial charge >= 0.3 is 0 Å². The first kappa shape index (κ1) is 13.5. The molecule has 4 nitrogen and oxygen atoms in total. The van der Waals surface area contributed by atoms with E-state index < -0.39 is 0 Å². The SMILES string of the molecule is CNCC(=O)NCC(C)(C)C1CCOCC1. The molecule has 1 amide bonds. The van der Waals surface area contributed by atoms with Crippen LogP contribution in [0.3, 0.4) is 0 Å². The Morgan fingerprint density at radius 2 is 2.00 bits per heavy atom. The van der Waals surface area contributed by atoms with Crippen molar-refractivity contribution in [1.82, 2.24) is 10.6 Å². The van der Waals surface area contributed by atoms with E-state index in [2.05, 4.69) is 24.5 Å². The highest BCUT2D eigenvalue weighted by atomic mass is 16.5. The molecule has 0 radical (unpaired) electrons. The van der Waals surface area contributed by atoms with Crippen molar-refractivity contribution < 1.29 is 9.53 Å². The molecule has 1 fully saturated rings. The summed E-state index contributed by atoms with van der Waals surface area (Å²) in [4.78, 5) is 11.4. The van der Waals surface area contributed by atoms with E-state index in [4.69, 9.17) is 4.74 Å². The zero-order valence-electron chi connectivity index (χ0n) is 10.6. The summed E-state index contributed by atoms with van der Waals surface area (Å²) in [6, 6.07) is 0. The van der Waals surface area contributed by atoms with Crippen LogP contribution in [0.5, 0.6) is 0 Å². The van der Waals surface area contributed by atoms with Crippen molar-refractivity contribution in [2.75, 3.05) is 33.4 Å². The number of likely N-dealkylation sites (N-methyl/N-ethyl adjacent to an activating group) is 1. The number of rotatable bonds is 5. The number of hydrogen-bond donors (Lipinski definition) is 2. The van der Waals surface area contributed by atoms with Crippen molar-refractivity contribution in [2.45, 2.75) is 26.7 Å². The van der Waals surface area contributed by atoms with Gasteiger partial charge in [0.2, 0.25) is 5.91 Å². The number of carbonyl (C=O) groups is 1. The number of carbonyl (C=O) groups excluding carboxylic acids is 1. The molecule has 0 saturated carbocycles. The summed E-state index contributed by atoms with van der Waals surface area (Å²) in [6.45, 7) is 7.31. The predicted octanol–water partition coefficient (Wildman–Crippen LogP) is 0.775. The summed E-state index contributed by atoms with van der Waals surface area (Å²) in [5.74, 6) is 0.721. The largest absolute Gasteiger partial charge is 0.381 e. The van der Waals surface area contributed by atoms with Gasteiger partial charge in [0, 0.05) is 19.8 Å². The van der Waals surface area contributed by atoms with Crippen LogP contribution < -0.4 is 10.6 Å². The third kappa shape index (κ3) is 4.10. The average molecular weight is 228 g/mol. The topological polar surface area (TPSA) is 50.4 Å². The summed E-state index contributed by atoms with van der Waals surface area (Å²) < 4.78 is 5.36. The summed E-state index contributed by atoms with van der Waals surface area (Å²) in [5, 5.41) is 5.83. The number of nitrogens with one attached hydrogen (secondary N) is 2. The number of hydrogen-bond acceptors (Lipinski definition) is 3. The van der Waals surface area contributed by atoms with E-state index in [9.17, 15) is 4.79 Å². The Kier molecular flexibility index (Phi) is 5.22. The molecule has 0 spiro atoms. The second kappa shape index (κ2) is 6.21. The van der Waals surface area contributed by atoms with Crippen molar-refractivity contribution in [1.29, 1.82) is 0 Å². The smallest absolute Gasteiger partial charge is 0.233 e. The van der Waals surface area contributed by atoms with Gasteiger partial charge in [0.15, 0.2) is 0 Å². The zero-order valence-corrected chi connectivity index (χ0v) is 10.6. The molecule has 0 aromatic carbocycles. The molecule has 1 heterocycles. The Bertz CT molecular complexity index is 223. The van der Waals surface area contributed by atoms with Crippen LogP contribution in [0.4, 0.5) is 0 Å². The zero-order chi connectivity index (χ0) is 12.0. The predicted molar refractivity (Wildman–Crippen MR) is 64.3 cm³/mol. The van der Waals surface area contributed by atoms with Gasteiger partial charge in [-0.25, -0.2) is 0 Å². The molecular weight excluding hydrogens is 204 g/mol. The van der Waals surface area contributed by atoms with Crippen LogP contribution in [0.2, 0.25) is 0 Å². The molecule has 1 aliphatic rings. The van der Waals surface area contributed by atoms with E-state index in [1.54, 1.807) is 7.05 Å². The van der Waals surface area contributed by atoms with Crippen LogP contribution in [0.1, 0.15) is 26.7 Å². The van der Waals surface area contributed by atoms with Crippen LogP contribution in [0, 0.1) is 11.3 Å². The van der Waals surface area contributed by atoms with Crippen LogP contribution in [-0.2, 0) is 9.53 Å². The molecule has 0 aromatic heterocycles. The van der Waals surface area contributed by atoms with Gasteiger partial charge in [0.05, 0.1) is 6.54 Å². The highest BCUT2D eigenvalue weighted by Crippen LogP contribution is 2.33. The second-order valence-electron chi connectivity index (χ2n) is 5.18. The van der Waals surface area contributed by atoms with E-state index in [1.165, 1.54) is 0 Å². The molecule has 0 aromatic rings. The first-order valence-electron chi connectivity index (χ1n) is 6.05. The van der Waals surface area contributed by atoms with Crippen LogP contribution in [0.25, 0.3) is 0 Å². The molecular formula is C12H24N2O2. The molecule has 4 heteroatoms. The molecule has 0 atom stereocenters. The summed E-state index contributed by atoms with van der Waals surface area (Å²) in [7, 11) is 1.78. The van der Waals surface area contributed by atoms with Crippen molar-refractivity contribution in [3.63, 3.8) is 0 Å². The van der Waals surface area contributed by atoms with Crippen LogP contribution in [-0.4, -0.2) is 39.3 Å². The number of amides is 1. The molecule has 94 valence electrons. The van der Waals surface area contributed by atoms with Crippen molar-refractivity contribution in [3.8, 4) is 0 Å². The van der Waals surface area contributed by atoms with E-state index >= 15 is 0 Å². The lowest BCUT2D eigenvalue weighted by atomic mass is 9.74. The maximum atomic E-state index is 11.4. The minimum atomic E-state index is 0.0719. The quantitative estimate of drug-likeness (QED) is 0.731. The highest BCUT2D eigenvalue weighted by molar-refractivity contribution is 5.77. The van der Waals surface area contributed by atoms with Gasteiger partial charge in [-0.15, -0.1) is 0 Å². The average Bonchev–Trinajstić information content (AvgIpc) is 2.28. The van der Waals surface area contributed by atoms with Gasteiger partial charge in [-0.2, -0.15) is 0 Å². The first-order chi connectivity index (χ1) is 7.56. The minimum Gasteiger partial charge on any atom is -0.381 e. The van der Waals surface area contributed by atoms with Gasteiger partial charge in [-0.3, -0.25) is 4.79 Å². The minimum absolute atomic E-state index is 0.0719. The van der Waals surface area contributed by atoms with Crippen LogP contribution in [0.15, 0.2) is 0 Å². The van der Waals surface area contributed by atoms with Crippen molar-refractivity contribution in [3.05, 3.63) is 0 Å². The van der Waals surface area contributed by atoms with E-state index in [-0.39, 0.29) is 11.3 Å². The third-order valence-electron chi connectivity index (χ3n) is 3.40. The molecule has 0 aliphatic carbocycles. The third-order valence-corrected chi connectivity index (χ3v) is 3.40. The van der Waals surface area contributed by atoms with Gasteiger partial charge in [0.1, 0.15) is 0 Å². The van der Waals surface area contributed by atoms with Crippen LogP contribution >= 0.6 is 0 Å². The van der Waals surface area contributed by atoms with E-state index in [0.717, 1.165) is 32.6 Å².